The second-order valence-corrected chi connectivity index (χ2v) is 9.12. The van der Waals surface area contributed by atoms with Gasteiger partial charge < -0.3 is 19.5 Å². The maximum Gasteiger partial charge on any atom is 0.407 e. The van der Waals surface area contributed by atoms with Gasteiger partial charge in [-0.1, -0.05) is 0 Å². The van der Waals surface area contributed by atoms with Crippen molar-refractivity contribution in [1.82, 2.24) is 5.32 Å². The number of carbonyl (C=O) groups is 2. The smallest absolute Gasteiger partial charge is 0.407 e. The van der Waals surface area contributed by atoms with E-state index < -0.39 is 23.5 Å². The molecule has 152 valence electrons. The molecule has 0 saturated carbocycles. The first kappa shape index (κ1) is 18.9. The molecular weight excluding hydrogens is 442 g/mol. The van der Waals surface area contributed by atoms with Gasteiger partial charge in [-0.15, -0.1) is 0 Å². The molecule has 2 bridgehead atoms. The Labute approximate surface area is 176 Å². The summed E-state index contributed by atoms with van der Waals surface area (Å²) in [7, 11) is 1.34. The van der Waals surface area contributed by atoms with E-state index in [-0.39, 0.29) is 23.8 Å². The second-order valence-electron chi connectivity index (χ2n) is 8.26. The molecule has 1 aromatic carbocycles. The molecule has 5 rings (SSSR count). The lowest BCUT2D eigenvalue weighted by molar-refractivity contribution is -0.143. The average molecular weight is 462 g/mol. The summed E-state index contributed by atoms with van der Waals surface area (Å²) in [5.41, 5.74) is -0.167. The van der Waals surface area contributed by atoms with E-state index >= 15 is 0 Å². The molecule has 1 aromatic rings. The van der Waals surface area contributed by atoms with Crippen LogP contribution in [0.4, 0.5) is 10.5 Å². The van der Waals surface area contributed by atoms with Gasteiger partial charge in [0.1, 0.15) is 12.3 Å². The highest BCUT2D eigenvalue weighted by atomic mass is 79.9. The van der Waals surface area contributed by atoms with Crippen molar-refractivity contribution < 1.29 is 23.8 Å². The summed E-state index contributed by atoms with van der Waals surface area (Å²) < 4.78 is 18.0. The summed E-state index contributed by atoms with van der Waals surface area (Å²) in [5, 5.41) is 12.1. The van der Waals surface area contributed by atoms with E-state index in [1.54, 1.807) is 23.1 Å². The lowest BCUT2D eigenvalue weighted by Gasteiger charge is -2.45. The lowest BCUT2D eigenvalue weighted by atomic mass is 9.64. The summed E-state index contributed by atoms with van der Waals surface area (Å²) in [6, 6.07) is 7.10. The van der Waals surface area contributed by atoms with Crippen LogP contribution in [0.3, 0.4) is 0 Å². The molecule has 4 heterocycles. The van der Waals surface area contributed by atoms with E-state index in [2.05, 4.69) is 27.3 Å². The van der Waals surface area contributed by atoms with Crippen molar-refractivity contribution >= 4 is 33.6 Å². The van der Waals surface area contributed by atoms with Crippen LogP contribution in [0, 0.1) is 23.2 Å². The zero-order chi connectivity index (χ0) is 20.6. The third-order valence-corrected chi connectivity index (χ3v) is 7.54. The Morgan fingerprint density at radius 2 is 2.28 bits per heavy atom. The SMILES string of the molecule is COC(=O)N[C@H]1C[C@@]2(C)O[C@@]13CCO[C@H]1[C@@H]3[C@@H]2C(=O)N1c1ccc(C#N)c(Br)c1. The van der Waals surface area contributed by atoms with Gasteiger partial charge in [0, 0.05) is 23.0 Å². The fourth-order valence-corrected chi connectivity index (χ4v) is 6.29. The van der Waals surface area contributed by atoms with Crippen molar-refractivity contribution in [1.29, 1.82) is 5.26 Å². The molecule has 6 atom stereocenters. The fraction of sp³-hybridized carbons (Fsp3) is 0.550. The number of carbonyl (C=O) groups excluding carboxylic acids is 2. The number of nitrogens with one attached hydrogen (secondary N) is 1. The van der Waals surface area contributed by atoms with E-state index in [4.69, 9.17) is 14.2 Å². The third-order valence-electron chi connectivity index (χ3n) is 6.88. The number of benzene rings is 1. The minimum Gasteiger partial charge on any atom is -0.453 e. The van der Waals surface area contributed by atoms with Gasteiger partial charge in [-0.2, -0.15) is 5.26 Å². The molecule has 4 aliphatic rings. The largest absolute Gasteiger partial charge is 0.453 e. The summed E-state index contributed by atoms with van der Waals surface area (Å²) in [6.45, 7) is 2.37. The summed E-state index contributed by atoms with van der Waals surface area (Å²) in [5.74, 6) is -0.587. The van der Waals surface area contributed by atoms with Gasteiger partial charge in [0.2, 0.25) is 5.91 Å². The van der Waals surface area contributed by atoms with Crippen LogP contribution < -0.4 is 10.2 Å². The first-order valence-electron chi connectivity index (χ1n) is 9.53. The van der Waals surface area contributed by atoms with Crippen LogP contribution in [-0.2, 0) is 19.0 Å². The van der Waals surface area contributed by atoms with Gasteiger partial charge in [-0.25, -0.2) is 4.79 Å². The first-order chi connectivity index (χ1) is 13.8. The van der Waals surface area contributed by atoms with Crippen molar-refractivity contribution in [2.45, 2.75) is 43.2 Å². The second kappa shape index (κ2) is 6.17. The van der Waals surface area contributed by atoms with Crippen LogP contribution in [0.15, 0.2) is 22.7 Å². The molecule has 2 amide bonds. The number of fused-ring (bicyclic) bond motifs is 2. The minimum atomic E-state index is -0.683. The Morgan fingerprint density at radius 3 is 2.97 bits per heavy atom. The number of ether oxygens (including phenoxy) is 3. The molecule has 0 aliphatic carbocycles. The molecule has 4 saturated heterocycles. The number of amides is 2. The molecule has 8 nitrogen and oxygen atoms in total. The standard InChI is InChI=1S/C20H20BrN3O5/c1-19-8-13(23-18(26)27-2)20(29-19)5-6-28-17-15(20)14(19)16(25)24(17)11-4-3-10(9-22)12(21)7-11/h3-4,7,13-15,17H,5-6,8H2,1-2H3,(H,23,26)/t13-,14+,15-,17-,19+,20-/m0/s1. The molecule has 0 radical (unpaired) electrons. The normalized spacial score (nSPS) is 39.2. The number of hydrogen-bond acceptors (Lipinski definition) is 6. The van der Waals surface area contributed by atoms with Gasteiger partial charge in [-0.3, -0.25) is 9.69 Å². The van der Waals surface area contributed by atoms with Crippen molar-refractivity contribution in [3.63, 3.8) is 0 Å². The van der Waals surface area contributed by atoms with Gasteiger partial charge in [0.15, 0.2) is 0 Å². The minimum absolute atomic E-state index is 0.0422. The van der Waals surface area contributed by atoms with Crippen molar-refractivity contribution in [3.8, 4) is 6.07 Å². The number of rotatable bonds is 2. The zero-order valence-electron chi connectivity index (χ0n) is 16.0. The zero-order valence-corrected chi connectivity index (χ0v) is 17.6. The monoisotopic (exact) mass is 461 g/mol. The van der Waals surface area contributed by atoms with E-state index in [1.165, 1.54) is 7.11 Å². The van der Waals surface area contributed by atoms with Crippen LogP contribution in [0.5, 0.6) is 0 Å². The number of hydrogen-bond donors (Lipinski definition) is 1. The van der Waals surface area contributed by atoms with Crippen LogP contribution in [0.25, 0.3) is 0 Å². The average Bonchev–Trinajstić information content (AvgIpc) is 3.25. The Kier molecular flexibility index (Phi) is 4.01. The highest BCUT2D eigenvalue weighted by Crippen LogP contribution is 2.65. The molecule has 0 unspecified atom stereocenters. The summed E-state index contributed by atoms with van der Waals surface area (Å²) >= 11 is 3.41. The van der Waals surface area contributed by atoms with Crippen LogP contribution in [0.1, 0.15) is 25.3 Å². The molecule has 29 heavy (non-hydrogen) atoms. The van der Waals surface area contributed by atoms with Gasteiger partial charge >= 0.3 is 6.09 Å². The van der Waals surface area contributed by atoms with E-state index in [9.17, 15) is 14.9 Å². The summed E-state index contributed by atoms with van der Waals surface area (Å²) in [6.07, 6.45) is 0.172. The lowest BCUT2D eigenvalue weighted by Crippen LogP contribution is -2.61. The number of alkyl carbamates (subject to hydrolysis) is 1. The van der Waals surface area contributed by atoms with Crippen LogP contribution >= 0.6 is 15.9 Å². The maximum atomic E-state index is 13.5. The molecule has 4 aliphatic heterocycles. The fourth-order valence-electron chi connectivity index (χ4n) is 5.84. The van der Waals surface area contributed by atoms with Gasteiger partial charge in [0.25, 0.3) is 0 Å². The molecule has 1 spiro atoms. The molecule has 4 fully saturated rings. The number of nitrogens with zero attached hydrogens (tertiary/aromatic N) is 2. The first-order valence-corrected chi connectivity index (χ1v) is 10.3. The van der Waals surface area contributed by atoms with E-state index in [1.807, 2.05) is 6.92 Å². The molecule has 0 aromatic heterocycles. The molecule has 9 heteroatoms. The Hall–Kier alpha value is -2.15. The quantitative estimate of drug-likeness (QED) is 0.724. The summed E-state index contributed by atoms with van der Waals surface area (Å²) in [4.78, 5) is 27.2. The van der Waals surface area contributed by atoms with E-state index in [0.717, 1.165) is 0 Å². The van der Waals surface area contributed by atoms with Crippen molar-refractivity contribution in [2.24, 2.45) is 11.8 Å². The number of halogens is 1. The van der Waals surface area contributed by atoms with Gasteiger partial charge in [-0.05, 0) is 41.1 Å². The highest BCUT2D eigenvalue weighted by molar-refractivity contribution is 9.10. The topological polar surface area (TPSA) is 101 Å². The Bertz CT molecular complexity index is 964. The van der Waals surface area contributed by atoms with Crippen molar-refractivity contribution in [3.05, 3.63) is 28.2 Å². The molecular formula is C20H20BrN3O5. The van der Waals surface area contributed by atoms with Crippen LogP contribution in [-0.4, -0.2) is 49.2 Å². The van der Waals surface area contributed by atoms with Crippen LogP contribution in [0.2, 0.25) is 0 Å². The predicted molar refractivity (Wildman–Crippen MR) is 104 cm³/mol. The van der Waals surface area contributed by atoms with E-state index in [0.29, 0.717) is 35.2 Å². The Morgan fingerprint density at radius 1 is 1.48 bits per heavy atom. The Balaban J connectivity index is 1.56. The number of anilines is 1. The number of methoxy groups -OCH3 is 1. The van der Waals surface area contributed by atoms with Crippen molar-refractivity contribution in [2.75, 3.05) is 18.6 Å². The predicted octanol–water partition coefficient (Wildman–Crippen LogP) is 2.30. The van der Waals surface area contributed by atoms with Gasteiger partial charge in [0.05, 0.1) is 48.4 Å². The maximum absolute atomic E-state index is 13.5. The molecule has 1 N–H and O–H groups in total. The highest BCUT2D eigenvalue weighted by Gasteiger charge is 2.78. The number of nitriles is 1. The third kappa shape index (κ3) is 2.37.